The molecule has 7 nitrogen and oxygen atoms in total. The first-order valence-electron chi connectivity index (χ1n) is 9.92. The third kappa shape index (κ3) is 5.09. The molecule has 1 aromatic heterocycles. The van der Waals surface area contributed by atoms with E-state index in [0.717, 1.165) is 30.0 Å². The van der Waals surface area contributed by atoms with Gasteiger partial charge in [0.1, 0.15) is 0 Å². The molecule has 0 bridgehead atoms. The number of hydrogen-bond donors (Lipinski definition) is 1. The Morgan fingerprint density at radius 3 is 2.48 bits per heavy atom. The van der Waals surface area contributed by atoms with E-state index in [1.165, 1.54) is 0 Å². The summed E-state index contributed by atoms with van der Waals surface area (Å²) in [6.07, 6.45) is 0.217. The highest BCUT2D eigenvalue weighted by Crippen LogP contribution is 2.19. The van der Waals surface area contributed by atoms with Crippen LogP contribution in [-0.4, -0.2) is 63.1 Å². The van der Waals surface area contributed by atoms with Crippen LogP contribution in [0.25, 0.3) is 0 Å². The van der Waals surface area contributed by atoms with Crippen molar-refractivity contribution in [1.29, 1.82) is 0 Å². The zero-order valence-corrected chi connectivity index (χ0v) is 17.9. The predicted octanol–water partition coefficient (Wildman–Crippen LogP) is 1.62. The van der Waals surface area contributed by atoms with Gasteiger partial charge >= 0.3 is 0 Å². The van der Waals surface area contributed by atoms with Crippen molar-refractivity contribution >= 4 is 11.8 Å². The second-order valence-corrected chi connectivity index (χ2v) is 8.29. The molecule has 2 rings (SSSR count). The number of hydrogen-bond acceptors (Lipinski definition) is 4. The van der Waals surface area contributed by atoms with Gasteiger partial charge in [-0.2, -0.15) is 5.10 Å². The molecule has 0 spiro atoms. The van der Waals surface area contributed by atoms with Gasteiger partial charge in [-0.25, -0.2) is 0 Å². The number of aryl methyl sites for hydroxylation is 2. The summed E-state index contributed by atoms with van der Waals surface area (Å²) >= 11 is 0. The summed E-state index contributed by atoms with van der Waals surface area (Å²) in [5.41, 5.74) is 3.11. The maximum atomic E-state index is 13.2. The summed E-state index contributed by atoms with van der Waals surface area (Å²) < 4.78 is 1.85. The molecule has 0 radical (unpaired) electrons. The summed E-state index contributed by atoms with van der Waals surface area (Å²) in [6, 6.07) is -0.326. The topological polar surface area (TPSA) is 70.5 Å². The van der Waals surface area contributed by atoms with Crippen molar-refractivity contribution in [3.05, 3.63) is 17.0 Å². The van der Waals surface area contributed by atoms with Crippen LogP contribution < -0.4 is 5.32 Å². The molecule has 27 heavy (non-hydrogen) atoms. The van der Waals surface area contributed by atoms with Crippen LogP contribution in [0.4, 0.5) is 0 Å². The van der Waals surface area contributed by atoms with Crippen LogP contribution in [0.1, 0.15) is 51.1 Å². The molecule has 0 aromatic carbocycles. The number of nitrogens with one attached hydrogen (secondary N) is 1. The van der Waals surface area contributed by atoms with Crippen molar-refractivity contribution in [2.45, 2.75) is 66.6 Å². The van der Waals surface area contributed by atoms with Crippen molar-refractivity contribution in [3.8, 4) is 0 Å². The van der Waals surface area contributed by atoms with Gasteiger partial charge in [0.05, 0.1) is 18.2 Å². The Kier molecular flexibility index (Phi) is 7.03. The van der Waals surface area contributed by atoms with Gasteiger partial charge in [-0.3, -0.25) is 19.2 Å². The first kappa shape index (κ1) is 21.4. The van der Waals surface area contributed by atoms with Gasteiger partial charge in [-0.1, -0.05) is 13.8 Å². The molecule has 2 heterocycles. The SMILES string of the molecule is Cc1nn(C)c(C)c1CN(C(=O)CC1C(=O)NCCN1CC(C)C)C(C)C. The van der Waals surface area contributed by atoms with Gasteiger partial charge in [-0.15, -0.1) is 0 Å². The van der Waals surface area contributed by atoms with E-state index in [4.69, 9.17) is 0 Å². The highest BCUT2D eigenvalue weighted by Gasteiger charge is 2.34. The van der Waals surface area contributed by atoms with Gasteiger partial charge in [0.15, 0.2) is 0 Å². The second kappa shape index (κ2) is 8.87. The van der Waals surface area contributed by atoms with E-state index in [1.54, 1.807) is 0 Å². The fourth-order valence-corrected chi connectivity index (χ4v) is 3.73. The lowest BCUT2D eigenvalue weighted by Crippen LogP contribution is -2.57. The number of amides is 2. The molecule has 0 aliphatic carbocycles. The molecule has 1 N–H and O–H groups in total. The monoisotopic (exact) mass is 377 g/mol. The molecule has 1 aliphatic rings. The highest BCUT2D eigenvalue weighted by atomic mass is 16.2. The smallest absolute Gasteiger partial charge is 0.237 e. The van der Waals surface area contributed by atoms with E-state index in [2.05, 4.69) is 29.2 Å². The summed E-state index contributed by atoms with van der Waals surface area (Å²) in [4.78, 5) is 29.6. The molecule has 1 atom stereocenters. The minimum atomic E-state index is -0.383. The van der Waals surface area contributed by atoms with Crippen LogP contribution >= 0.6 is 0 Å². The van der Waals surface area contributed by atoms with Crippen LogP contribution in [0, 0.1) is 19.8 Å². The Labute approximate surface area is 163 Å². The largest absolute Gasteiger partial charge is 0.353 e. The number of piperazine rings is 1. The zero-order chi connectivity index (χ0) is 20.3. The molecule has 0 saturated carbocycles. The fraction of sp³-hybridized carbons (Fsp3) is 0.750. The van der Waals surface area contributed by atoms with Crippen molar-refractivity contribution < 1.29 is 9.59 Å². The van der Waals surface area contributed by atoms with Crippen LogP contribution in [0.5, 0.6) is 0 Å². The van der Waals surface area contributed by atoms with E-state index in [9.17, 15) is 9.59 Å². The first-order valence-corrected chi connectivity index (χ1v) is 9.92. The van der Waals surface area contributed by atoms with E-state index in [-0.39, 0.29) is 30.3 Å². The molecule has 1 saturated heterocycles. The molecule has 152 valence electrons. The molecule has 1 aromatic rings. The van der Waals surface area contributed by atoms with Crippen LogP contribution in [0.15, 0.2) is 0 Å². The Morgan fingerprint density at radius 1 is 1.30 bits per heavy atom. The van der Waals surface area contributed by atoms with Crippen LogP contribution in [0.3, 0.4) is 0 Å². The molecule has 2 amide bonds. The predicted molar refractivity (Wildman–Crippen MR) is 106 cm³/mol. The van der Waals surface area contributed by atoms with Crippen LogP contribution in [0.2, 0.25) is 0 Å². The van der Waals surface area contributed by atoms with Gasteiger partial charge in [0, 0.05) is 50.5 Å². The normalized spacial score (nSPS) is 18.3. The van der Waals surface area contributed by atoms with Gasteiger partial charge < -0.3 is 10.2 Å². The Bertz CT molecular complexity index is 680. The molecule has 7 heteroatoms. The van der Waals surface area contributed by atoms with Crippen LogP contribution in [-0.2, 0) is 23.2 Å². The zero-order valence-electron chi connectivity index (χ0n) is 17.9. The fourth-order valence-electron chi connectivity index (χ4n) is 3.73. The number of nitrogens with zero attached hydrogens (tertiary/aromatic N) is 4. The Morgan fingerprint density at radius 2 is 1.96 bits per heavy atom. The van der Waals surface area contributed by atoms with E-state index in [1.807, 2.05) is 44.3 Å². The molecule has 1 unspecified atom stereocenters. The average molecular weight is 378 g/mol. The van der Waals surface area contributed by atoms with Gasteiger partial charge in [-0.05, 0) is 33.6 Å². The minimum absolute atomic E-state index is 0.0171. The van der Waals surface area contributed by atoms with Gasteiger partial charge in [0.2, 0.25) is 11.8 Å². The standard InChI is InChI=1S/C20H35N5O2/c1-13(2)11-24-9-8-21-20(27)18(24)10-19(26)25(14(3)4)12-17-15(5)22-23(7)16(17)6/h13-14,18H,8-12H2,1-7H3,(H,21,27). The summed E-state index contributed by atoms with van der Waals surface area (Å²) in [5, 5.41) is 7.38. The number of aromatic nitrogens is 2. The lowest BCUT2D eigenvalue weighted by Gasteiger charge is -2.37. The Balaban J connectivity index is 2.16. The summed E-state index contributed by atoms with van der Waals surface area (Å²) in [5.74, 6) is 0.437. The minimum Gasteiger partial charge on any atom is -0.353 e. The number of carbonyl (C=O) groups is 2. The molecular weight excluding hydrogens is 342 g/mol. The maximum absolute atomic E-state index is 13.2. The second-order valence-electron chi connectivity index (χ2n) is 8.29. The van der Waals surface area contributed by atoms with E-state index in [0.29, 0.717) is 19.0 Å². The number of rotatable bonds is 7. The van der Waals surface area contributed by atoms with E-state index >= 15 is 0 Å². The van der Waals surface area contributed by atoms with Crippen molar-refractivity contribution in [2.24, 2.45) is 13.0 Å². The average Bonchev–Trinajstić information content (AvgIpc) is 2.80. The third-order valence-electron chi connectivity index (χ3n) is 5.34. The molecule has 1 aliphatic heterocycles. The van der Waals surface area contributed by atoms with Crippen molar-refractivity contribution in [2.75, 3.05) is 19.6 Å². The lowest BCUT2D eigenvalue weighted by molar-refractivity contribution is -0.140. The molecular formula is C20H35N5O2. The van der Waals surface area contributed by atoms with Crippen molar-refractivity contribution in [1.82, 2.24) is 24.9 Å². The third-order valence-corrected chi connectivity index (χ3v) is 5.34. The quantitative estimate of drug-likeness (QED) is 0.784. The Hall–Kier alpha value is -1.89. The maximum Gasteiger partial charge on any atom is 0.237 e. The first-order chi connectivity index (χ1) is 12.6. The summed E-state index contributed by atoms with van der Waals surface area (Å²) in [7, 11) is 1.92. The van der Waals surface area contributed by atoms with Gasteiger partial charge in [0.25, 0.3) is 0 Å². The highest BCUT2D eigenvalue weighted by molar-refractivity contribution is 5.89. The lowest BCUT2D eigenvalue weighted by atomic mass is 10.0. The summed E-state index contributed by atoms with van der Waals surface area (Å²) in [6.45, 7) is 15.1. The molecule has 1 fully saturated rings. The van der Waals surface area contributed by atoms with E-state index < -0.39 is 0 Å². The van der Waals surface area contributed by atoms with Crippen molar-refractivity contribution in [3.63, 3.8) is 0 Å². The number of carbonyl (C=O) groups excluding carboxylic acids is 2.